The summed E-state index contributed by atoms with van der Waals surface area (Å²) in [6.45, 7) is 8.03. The third kappa shape index (κ3) is 2.00. The molecule has 3 aromatic rings. The lowest BCUT2D eigenvalue weighted by Crippen LogP contribution is -2.53. The zero-order valence-corrected chi connectivity index (χ0v) is 16.8. The molecule has 0 N–H and O–H groups in total. The predicted octanol–water partition coefficient (Wildman–Crippen LogP) is 3.35. The number of fused-ring (bicyclic) bond motifs is 5. The first-order chi connectivity index (χ1) is 14.5. The summed E-state index contributed by atoms with van der Waals surface area (Å²) in [4.78, 5) is 44.1. The van der Waals surface area contributed by atoms with Gasteiger partial charge in [0.05, 0.1) is 16.6 Å². The molecule has 3 heterocycles. The summed E-state index contributed by atoms with van der Waals surface area (Å²) in [6.07, 6.45) is 1.56. The molecule has 1 spiro atoms. The Labute approximate surface area is 173 Å². The van der Waals surface area contributed by atoms with E-state index in [1.807, 2.05) is 38.1 Å². The predicted molar refractivity (Wildman–Crippen MR) is 114 cm³/mol. The van der Waals surface area contributed by atoms with Crippen molar-refractivity contribution < 1.29 is 14.0 Å². The van der Waals surface area contributed by atoms with Crippen LogP contribution >= 0.6 is 0 Å². The SMILES string of the molecule is C=CCN1C(=O)c2oc3ccc(C)cc3c(=O)c2C12C(=O)N(CC)c1ccccc12. The van der Waals surface area contributed by atoms with Gasteiger partial charge in [-0.1, -0.05) is 35.9 Å². The van der Waals surface area contributed by atoms with Crippen LogP contribution in [-0.2, 0) is 10.3 Å². The molecule has 0 fully saturated rings. The first-order valence-corrected chi connectivity index (χ1v) is 9.89. The first kappa shape index (κ1) is 18.4. The smallest absolute Gasteiger partial charge is 0.291 e. The number of anilines is 1. The lowest BCUT2D eigenvalue weighted by atomic mass is 9.84. The summed E-state index contributed by atoms with van der Waals surface area (Å²) >= 11 is 0. The van der Waals surface area contributed by atoms with Crippen LogP contribution in [0.1, 0.15) is 34.2 Å². The third-order valence-electron chi connectivity index (χ3n) is 6.02. The molecule has 2 aromatic carbocycles. The van der Waals surface area contributed by atoms with Crippen LogP contribution in [0, 0.1) is 6.92 Å². The molecule has 0 bridgehead atoms. The minimum atomic E-state index is -1.55. The Kier molecular flexibility index (Phi) is 3.77. The Bertz CT molecular complexity index is 1320. The van der Waals surface area contributed by atoms with Gasteiger partial charge in [-0.3, -0.25) is 14.4 Å². The molecule has 6 heteroatoms. The number of para-hydroxylation sites is 1. The average Bonchev–Trinajstić information content (AvgIpc) is 3.14. The Balaban J connectivity index is 1.97. The number of carbonyl (C=O) groups is 2. The van der Waals surface area contributed by atoms with Crippen molar-refractivity contribution in [2.45, 2.75) is 19.4 Å². The van der Waals surface area contributed by atoms with E-state index in [1.54, 1.807) is 29.2 Å². The van der Waals surface area contributed by atoms with Gasteiger partial charge in [0, 0.05) is 18.7 Å². The quantitative estimate of drug-likeness (QED) is 0.632. The van der Waals surface area contributed by atoms with Gasteiger partial charge in [-0.2, -0.15) is 0 Å². The Morgan fingerprint density at radius 1 is 1.13 bits per heavy atom. The van der Waals surface area contributed by atoms with Crippen molar-refractivity contribution in [3.8, 4) is 0 Å². The Morgan fingerprint density at radius 3 is 2.63 bits per heavy atom. The van der Waals surface area contributed by atoms with E-state index in [1.165, 1.54) is 4.90 Å². The molecule has 0 saturated heterocycles. The van der Waals surface area contributed by atoms with Gasteiger partial charge in [0.25, 0.3) is 11.8 Å². The molecule has 2 aliphatic rings. The number of hydrogen-bond donors (Lipinski definition) is 0. The van der Waals surface area contributed by atoms with Crippen LogP contribution in [0.3, 0.4) is 0 Å². The van der Waals surface area contributed by atoms with Crippen molar-refractivity contribution in [1.29, 1.82) is 0 Å². The van der Waals surface area contributed by atoms with E-state index in [-0.39, 0.29) is 29.2 Å². The molecule has 1 unspecified atom stereocenters. The summed E-state index contributed by atoms with van der Waals surface area (Å²) in [6, 6.07) is 12.5. The monoisotopic (exact) mass is 400 g/mol. The van der Waals surface area contributed by atoms with Crippen LogP contribution in [0.15, 0.2) is 64.3 Å². The highest BCUT2D eigenvalue weighted by molar-refractivity contribution is 6.17. The summed E-state index contributed by atoms with van der Waals surface area (Å²) < 4.78 is 5.95. The van der Waals surface area contributed by atoms with Crippen molar-refractivity contribution >= 4 is 28.5 Å². The minimum Gasteiger partial charge on any atom is -0.450 e. The van der Waals surface area contributed by atoms with E-state index in [0.717, 1.165) is 5.56 Å². The summed E-state index contributed by atoms with van der Waals surface area (Å²) in [7, 11) is 0. The van der Waals surface area contributed by atoms with Gasteiger partial charge in [0.15, 0.2) is 11.0 Å². The zero-order valence-electron chi connectivity index (χ0n) is 16.8. The zero-order chi connectivity index (χ0) is 21.2. The summed E-state index contributed by atoms with van der Waals surface area (Å²) in [5.74, 6) is -0.871. The average molecular weight is 400 g/mol. The van der Waals surface area contributed by atoms with E-state index in [9.17, 15) is 14.4 Å². The highest BCUT2D eigenvalue weighted by atomic mass is 16.3. The lowest BCUT2D eigenvalue weighted by Gasteiger charge is -2.33. The van der Waals surface area contributed by atoms with Crippen molar-refractivity contribution in [2.24, 2.45) is 0 Å². The fourth-order valence-electron chi connectivity index (χ4n) is 4.80. The normalized spacial score (nSPS) is 19.7. The minimum absolute atomic E-state index is 0.0701. The van der Waals surface area contributed by atoms with Crippen LogP contribution < -0.4 is 10.3 Å². The maximum absolute atomic E-state index is 13.9. The summed E-state index contributed by atoms with van der Waals surface area (Å²) in [5.41, 5.74) is 0.736. The number of nitrogens with zero attached hydrogens (tertiary/aromatic N) is 2. The van der Waals surface area contributed by atoms with Crippen molar-refractivity contribution in [2.75, 3.05) is 18.0 Å². The molecule has 6 nitrogen and oxygen atoms in total. The van der Waals surface area contributed by atoms with Crippen LogP contribution in [0.5, 0.6) is 0 Å². The van der Waals surface area contributed by atoms with Crippen LogP contribution in [0.4, 0.5) is 5.69 Å². The number of amides is 2. The third-order valence-corrected chi connectivity index (χ3v) is 6.02. The largest absolute Gasteiger partial charge is 0.450 e. The molecule has 30 heavy (non-hydrogen) atoms. The molecule has 2 amide bonds. The van der Waals surface area contributed by atoms with Gasteiger partial charge in [0.1, 0.15) is 5.58 Å². The van der Waals surface area contributed by atoms with Gasteiger partial charge in [0.2, 0.25) is 5.76 Å². The number of hydrogen-bond acceptors (Lipinski definition) is 4. The lowest BCUT2D eigenvalue weighted by molar-refractivity contribution is -0.125. The molecular formula is C24H20N2O4. The topological polar surface area (TPSA) is 70.8 Å². The second-order valence-electron chi connectivity index (χ2n) is 7.62. The molecule has 0 aliphatic carbocycles. The molecule has 1 atom stereocenters. The molecular weight excluding hydrogens is 380 g/mol. The van der Waals surface area contributed by atoms with Crippen molar-refractivity contribution in [1.82, 2.24) is 4.90 Å². The molecule has 0 saturated carbocycles. The van der Waals surface area contributed by atoms with Gasteiger partial charge >= 0.3 is 0 Å². The van der Waals surface area contributed by atoms with Gasteiger partial charge < -0.3 is 14.2 Å². The molecule has 0 radical (unpaired) electrons. The first-order valence-electron chi connectivity index (χ1n) is 9.89. The van der Waals surface area contributed by atoms with Gasteiger partial charge in [-0.25, -0.2) is 0 Å². The maximum atomic E-state index is 13.9. The number of aryl methyl sites for hydroxylation is 1. The standard InChI is InChI=1S/C24H20N2O4/c1-4-12-26-22(28)21-19(20(27)15-13-14(3)10-11-18(15)30-21)24(26)16-8-6-7-9-17(16)25(5-2)23(24)29/h4,6-11,13H,1,5,12H2,2-3H3. The van der Waals surface area contributed by atoms with E-state index >= 15 is 0 Å². The fourth-order valence-corrected chi connectivity index (χ4v) is 4.80. The number of rotatable bonds is 3. The van der Waals surface area contributed by atoms with Crippen LogP contribution in [0.25, 0.3) is 11.0 Å². The molecule has 5 rings (SSSR count). The van der Waals surface area contributed by atoms with E-state index < -0.39 is 11.4 Å². The van der Waals surface area contributed by atoms with Crippen LogP contribution in [-0.4, -0.2) is 29.8 Å². The Morgan fingerprint density at radius 2 is 1.90 bits per heavy atom. The van der Waals surface area contributed by atoms with Gasteiger partial charge in [-0.05, 0) is 32.0 Å². The fraction of sp³-hybridized carbons (Fsp3) is 0.208. The Hall–Kier alpha value is -3.67. The van der Waals surface area contributed by atoms with E-state index in [4.69, 9.17) is 4.42 Å². The number of likely N-dealkylation sites (N-methyl/N-ethyl adjacent to an activating group) is 1. The highest BCUT2D eigenvalue weighted by Gasteiger charge is 2.64. The number of carbonyl (C=O) groups excluding carboxylic acids is 2. The highest BCUT2D eigenvalue weighted by Crippen LogP contribution is 2.52. The van der Waals surface area contributed by atoms with Crippen molar-refractivity contribution in [3.63, 3.8) is 0 Å². The second kappa shape index (κ2) is 6.16. The van der Waals surface area contributed by atoms with E-state index in [0.29, 0.717) is 28.8 Å². The van der Waals surface area contributed by atoms with E-state index in [2.05, 4.69) is 6.58 Å². The van der Waals surface area contributed by atoms with Gasteiger partial charge in [-0.15, -0.1) is 6.58 Å². The maximum Gasteiger partial charge on any atom is 0.291 e. The van der Waals surface area contributed by atoms with Crippen LogP contribution in [0.2, 0.25) is 0 Å². The number of benzene rings is 2. The second-order valence-corrected chi connectivity index (χ2v) is 7.62. The van der Waals surface area contributed by atoms with Crippen molar-refractivity contribution in [3.05, 3.63) is 87.8 Å². The molecule has 1 aromatic heterocycles. The summed E-state index contributed by atoms with van der Waals surface area (Å²) in [5, 5.41) is 0.363. The molecule has 150 valence electrons. The molecule has 2 aliphatic heterocycles.